The molecule has 0 N–H and O–H groups in total. The van der Waals surface area contributed by atoms with Crippen LogP contribution in [0, 0.1) is 0 Å². The maximum atomic E-state index is 11.8. The van der Waals surface area contributed by atoms with Gasteiger partial charge in [0.05, 0.1) is 14.2 Å². The minimum Gasteiger partial charge on any atom is -0.466 e. The number of ether oxygens (including phenoxy) is 4. The van der Waals surface area contributed by atoms with Gasteiger partial charge in [0.1, 0.15) is 0 Å². The standard InChI is InChI=1S/2C12H19NO5/c2*1-5-13(6-2)12(16)9(3)18-11(15)8-7-10(14)17-4/h2*7-9H,5-6H2,1-4H3/b2*8-7+/t2*9-/m10/s1. The number of methoxy groups -OCH3 is 2. The molecule has 0 spiro atoms. The predicted octanol–water partition coefficient (Wildman–Crippen LogP) is 1.03. The predicted molar refractivity (Wildman–Crippen MR) is 129 cm³/mol. The SMILES string of the molecule is CCN(CC)C(=O)[C@@H](C)OC(=O)/C=C/C(=O)OC.CCN(CC)C(=O)[C@H](C)OC(=O)/C=C/C(=O)OC. The molecule has 0 aliphatic heterocycles. The number of nitrogens with zero attached hydrogens (tertiary/aromatic N) is 2. The zero-order valence-corrected chi connectivity index (χ0v) is 22.3. The summed E-state index contributed by atoms with van der Waals surface area (Å²) in [5.41, 5.74) is 0. The molecule has 0 radical (unpaired) electrons. The van der Waals surface area contributed by atoms with Crippen molar-refractivity contribution < 1.29 is 47.7 Å². The van der Waals surface area contributed by atoms with Gasteiger partial charge in [-0.05, 0) is 41.5 Å². The van der Waals surface area contributed by atoms with E-state index in [-0.39, 0.29) is 11.8 Å². The van der Waals surface area contributed by atoms with Crippen molar-refractivity contribution in [2.45, 2.75) is 53.8 Å². The van der Waals surface area contributed by atoms with Crippen LogP contribution in [0.1, 0.15) is 41.5 Å². The maximum Gasteiger partial charge on any atom is 0.331 e. The molecule has 2 amide bonds. The molecule has 0 rings (SSSR count). The molecule has 204 valence electrons. The summed E-state index contributed by atoms with van der Waals surface area (Å²) in [5.74, 6) is -3.36. The second-order valence-electron chi connectivity index (χ2n) is 6.89. The molecule has 0 bridgehead atoms. The zero-order valence-electron chi connectivity index (χ0n) is 22.3. The number of carbonyl (C=O) groups excluding carboxylic acids is 6. The summed E-state index contributed by atoms with van der Waals surface area (Å²) < 4.78 is 18.4. The first-order chi connectivity index (χ1) is 16.9. The molecule has 0 heterocycles. The molecule has 0 aliphatic carbocycles. The zero-order chi connectivity index (χ0) is 28.3. The first-order valence-corrected chi connectivity index (χ1v) is 11.4. The Morgan fingerprint density at radius 2 is 0.806 bits per heavy atom. The normalized spacial score (nSPS) is 12.0. The van der Waals surface area contributed by atoms with E-state index in [0.29, 0.717) is 26.2 Å². The number of amides is 2. The molecule has 36 heavy (non-hydrogen) atoms. The number of hydrogen-bond acceptors (Lipinski definition) is 10. The number of esters is 4. The van der Waals surface area contributed by atoms with Gasteiger partial charge in [-0.2, -0.15) is 0 Å². The fourth-order valence-electron chi connectivity index (χ4n) is 2.52. The third kappa shape index (κ3) is 14.5. The van der Waals surface area contributed by atoms with Crippen LogP contribution in [0.2, 0.25) is 0 Å². The Labute approximate surface area is 212 Å². The van der Waals surface area contributed by atoms with Gasteiger partial charge >= 0.3 is 23.9 Å². The Bertz CT molecular complexity index is 733. The lowest BCUT2D eigenvalue weighted by Gasteiger charge is -2.22. The van der Waals surface area contributed by atoms with Crippen molar-refractivity contribution in [2.24, 2.45) is 0 Å². The highest BCUT2D eigenvalue weighted by atomic mass is 16.6. The number of hydrogen-bond donors (Lipinski definition) is 0. The van der Waals surface area contributed by atoms with Crippen LogP contribution in [0.4, 0.5) is 0 Å². The number of rotatable bonds is 12. The van der Waals surface area contributed by atoms with Gasteiger partial charge in [0.25, 0.3) is 11.8 Å². The van der Waals surface area contributed by atoms with Crippen molar-refractivity contribution in [3.8, 4) is 0 Å². The molecule has 0 saturated carbocycles. The molecular weight excluding hydrogens is 476 g/mol. The molecule has 0 aromatic rings. The van der Waals surface area contributed by atoms with Crippen LogP contribution in [0.5, 0.6) is 0 Å². The quantitative estimate of drug-likeness (QED) is 0.210. The molecule has 0 aliphatic rings. The highest BCUT2D eigenvalue weighted by molar-refractivity contribution is 5.94. The highest BCUT2D eigenvalue weighted by Crippen LogP contribution is 2.01. The molecular formula is C24H38N2O10. The topological polar surface area (TPSA) is 146 Å². The van der Waals surface area contributed by atoms with E-state index in [1.54, 1.807) is 9.80 Å². The van der Waals surface area contributed by atoms with E-state index in [2.05, 4.69) is 9.47 Å². The van der Waals surface area contributed by atoms with Crippen LogP contribution in [0.25, 0.3) is 0 Å². The first-order valence-electron chi connectivity index (χ1n) is 11.4. The lowest BCUT2D eigenvalue weighted by atomic mass is 10.3. The van der Waals surface area contributed by atoms with Crippen molar-refractivity contribution in [3.05, 3.63) is 24.3 Å². The van der Waals surface area contributed by atoms with E-state index in [1.807, 2.05) is 27.7 Å². The summed E-state index contributed by atoms with van der Waals surface area (Å²) in [6.45, 7) is 12.5. The lowest BCUT2D eigenvalue weighted by molar-refractivity contribution is -0.155. The van der Waals surface area contributed by atoms with Crippen molar-refractivity contribution in [1.29, 1.82) is 0 Å². The molecule has 0 saturated heterocycles. The average Bonchev–Trinajstić information content (AvgIpc) is 2.87. The van der Waals surface area contributed by atoms with E-state index in [1.165, 1.54) is 28.1 Å². The van der Waals surface area contributed by atoms with E-state index in [0.717, 1.165) is 24.3 Å². The van der Waals surface area contributed by atoms with Gasteiger partial charge in [-0.15, -0.1) is 0 Å². The Morgan fingerprint density at radius 3 is 1.03 bits per heavy atom. The monoisotopic (exact) mass is 514 g/mol. The van der Waals surface area contributed by atoms with Gasteiger partial charge in [-0.25, -0.2) is 19.2 Å². The van der Waals surface area contributed by atoms with Gasteiger partial charge < -0.3 is 28.7 Å². The minimum atomic E-state index is -0.875. The Balaban J connectivity index is 0. The average molecular weight is 515 g/mol. The van der Waals surface area contributed by atoms with Gasteiger partial charge in [0.2, 0.25) is 0 Å². The number of carbonyl (C=O) groups is 6. The number of likely N-dealkylation sites (N-methyl/N-ethyl adjacent to an activating group) is 2. The Hall–Kier alpha value is -3.70. The molecule has 12 heteroatoms. The van der Waals surface area contributed by atoms with E-state index < -0.39 is 36.1 Å². The summed E-state index contributed by atoms with van der Waals surface area (Å²) >= 11 is 0. The summed E-state index contributed by atoms with van der Waals surface area (Å²) in [5, 5.41) is 0. The van der Waals surface area contributed by atoms with Crippen molar-refractivity contribution in [1.82, 2.24) is 9.80 Å². The highest BCUT2D eigenvalue weighted by Gasteiger charge is 2.22. The van der Waals surface area contributed by atoms with Gasteiger partial charge in [0, 0.05) is 50.5 Å². The Kier molecular flexibility index (Phi) is 18.8. The van der Waals surface area contributed by atoms with Crippen molar-refractivity contribution in [2.75, 3.05) is 40.4 Å². The van der Waals surface area contributed by atoms with Gasteiger partial charge in [-0.3, -0.25) is 9.59 Å². The van der Waals surface area contributed by atoms with Gasteiger partial charge in [0.15, 0.2) is 12.2 Å². The smallest absolute Gasteiger partial charge is 0.331 e. The fraction of sp³-hybridized carbons (Fsp3) is 0.583. The van der Waals surface area contributed by atoms with Crippen molar-refractivity contribution >= 4 is 35.7 Å². The molecule has 0 aromatic heterocycles. The summed E-state index contributed by atoms with van der Waals surface area (Å²) in [6.07, 6.45) is 1.99. The van der Waals surface area contributed by atoms with Gasteiger partial charge in [-0.1, -0.05) is 0 Å². The molecule has 0 unspecified atom stereocenters. The summed E-state index contributed by atoms with van der Waals surface area (Å²) in [4.78, 5) is 70.7. The van der Waals surface area contributed by atoms with E-state index in [4.69, 9.17) is 9.47 Å². The largest absolute Gasteiger partial charge is 0.466 e. The maximum absolute atomic E-state index is 11.8. The van der Waals surface area contributed by atoms with Crippen LogP contribution < -0.4 is 0 Å². The Morgan fingerprint density at radius 1 is 0.556 bits per heavy atom. The summed E-state index contributed by atoms with van der Waals surface area (Å²) in [6, 6.07) is 0. The third-order valence-corrected chi connectivity index (χ3v) is 4.54. The van der Waals surface area contributed by atoms with Crippen LogP contribution in [-0.4, -0.2) is 98.1 Å². The van der Waals surface area contributed by atoms with Crippen LogP contribution in [0.15, 0.2) is 24.3 Å². The van der Waals surface area contributed by atoms with E-state index >= 15 is 0 Å². The molecule has 2 atom stereocenters. The van der Waals surface area contributed by atoms with Crippen LogP contribution in [0.3, 0.4) is 0 Å². The molecule has 0 fully saturated rings. The molecule has 12 nitrogen and oxygen atoms in total. The fourth-order valence-corrected chi connectivity index (χ4v) is 2.52. The van der Waals surface area contributed by atoms with Crippen LogP contribution >= 0.6 is 0 Å². The third-order valence-electron chi connectivity index (χ3n) is 4.54. The minimum absolute atomic E-state index is 0.264. The first kappa shape index (κ1) is 34.5. The summed E-state index contributed by atoms with van der Waals surface area (Å²) in [7, 11) is 2.40. The second kappa shape index (κ2) is 19.6. The molecule has 0 aromatic carbocycles. The van der Waals surface area contributed by atoms with Crippen molar-refractivity contribution in [3.63, 3.8) is 0 Å². The second-order valence-corrected chi connectivity index (χ2v) is 6.89. The lowest BCUT2D eigenvalue weighted by Crippen LogP contribution is -2.39. The van der Waals surface area contributed by atoms with E-state index in [9.17, 15) is 28.8 Å². The van der Waals surface area contributed by atoms with Crippen LogP contribution in [-0.2, 0) is 47.7 Å².